The third kappa shape index (κ3) is 4.06. The zero-order valence-corrected chi connectivity index (χ0v) is 11.5. The molecule has 0 spiro atoms. The lowest BCUT2D eigenvalue weighted by molar-refractivity contribution is 0.376. The van der Waals surface area contributed by atoms with E-state index >= 15 is 0 Å². The van der Waals surface area contributed by atoms with E-state index in [4.69, 9.17) is 9.26 Å². The molecule has 0 aliphatic carbocycles. The van der Waals surface area contributed by atoms with Crippen LogP contribution < -0.4 is 10.1 Å². The highest BCUT2D eigenvalue weighted by atomic mass is 16.5. The number of hydrogen-bond acceptors (Lipinski definition) is 5. The van der Waals surface area contributed by atoms with Crippen molar-refractivity contribution in [1.82, 2.24) is 15.5 Å². The number of benzene rings is 1. The molecule has 0 bridgehead atoms. The van der Waals surface area contributed by atoms with E-state index in [0.29, 0.717) is 30.7 Å². The number of nitrogens with zero attached hydrogens (tertiary/aromatic N) is 2. The van der Waals surface area contributed by atoms with Crippen LogP contribution in [-0.4, -0.2) is 23.3 Å². The van der Waals surface area contributed by atoms with Crippen LogP contribution in [0.25, 0.3) is 0 Å². The van der Waals surface area contributed by atoms with Gasteiger partial charge in [-0.2, -0.15) is 4.98 Å². The third-order valence-electron chi connectivity index (χ3n) is 2.69. The Kier molecular flexibility index (Phi) is 4.52. The summed E-state index contributed by atoms with van der Waals surface area (Å²) in [7, 11) is 1.65. The summed E-state index contributed by atoms with van der Waals surface area (Å²) in [6, 6.07) is 8.24. The Bertz CT molecular complexity index is 506. The van der Waals surface area contributed by atoms with Crippen LogP contribution in [0.5, 0.6) is 5.75 Å². The molecule has 0 aliphatic heterocycles. The minimum Gasteiger partial charge on any atom is -0.497 e. The lowest BCUT2D eigenvalue weighted by Crippen LogP contribution is -2.22. The van der Waals surface area contributed by atoms with Gasteiger partial charge in [0.2, 0.25) is 5.89 Å². The monoisotopic (exact) mass is 261 g/mol. The van der Waals surface area contributed by atoms with Crippen LogP contribution in [0.2, 0.25) is 0 Å². The summed E-state index contributed by atoms with van der Waals surface area (Å²) in [5.74, 6) is 2.17. The number of aromatic nitrogens is 2. The van der Waals surface area contributed by atoms with Crippen molar-refractivity contribution in [1.29, 1.82) is 0 Å². The minimum absolute atomic E-state index is 0.406. The average molecular weight is 261 g/mol. The summed E-state index contributed by atoms with van der Waals surface area (Å²) in [4.78, 5) is 4.35. The lowest BCUT2D eigenvalue weighted by atomic mass is 10.1. The molecular formula is C14H19N3O2. The Balaban J connectivity index is 1.95. The van der Waals surface area contributed by atoms with Gasteiger partial charge in [-0.05, 0) is 17.7 Å². The van der Waals surface area contributed by atoms with E-state index in [0.717, 1.165) is 11.3 Å². The number of nitrogens with one attached hydrogen (secondary N) is 1. The summed E-state index contributed by atoms with van der Waals surface area (Å²) >= 11 is 0. The highest BCUT2D eigenvalue weighted by molar-refractivity contribution is 5.28. The van der Waals surface area contributed by atoms with Gasteiger partial charge in [0.05, 0.1) is 20.1 Å². The molecule has 0 aliphatic rings. The molecule has 0 unspecified atom stereocenters. The summed E-state index contributed by atoms with van der Waals surface area (Å²) in [5.41, 5.74) is 1.12. The largest absolute Gasteiger partial charge is 0.497 e. The SMILES string of the molecule is COc1ccc(Cc2nc(CNC(C)C)no2)cc1. The first-order valence-electron chi connectivity index (χ1n) is 6.35. The second-order valence-electron chi connectivity index (χ2n) is 4.66. The predicted octanol–water partition coefficient (Wildman–Crippen LogP) is 2.17. The minimum atomic E-state index is 0.406. The van der Waals surface area contributed by atoms with Crippen LogP contribution in [0.15, 0.2) is 28.8 Å². The Morgan fingerprint density at radius 1 is 1.26 bits per heavy atom. The molecule has 19 heavy (non-hydrogen) atoms. The fourth-order valence-electron chi connectivity index (χ4n) is 1.65. The third-order valence-corrected chi connectivity index (χ3v) is 2.69. The topological polar surface area (TPSA) is 60.2 Å². The molecule has 0 saturated carbocycles. The Labute approximate surface area is 113 Å². The van der Waals surface area contributed by atoms with E-state index in [1.165, 1.54) is 0 Å². The van der Waals surface area contributed by atoms with E-state index in [2.05, 4.69) is 29.3 Å². The highest BCUT2D eigenvalue weighted by Crippen LogP contribution is 2.14. The molecule has 2 aromatic rings. The average Bonchev–Trinajstić information content (AvgIpc) is 2.85. The zero-order chi connectivity index (χ0) is 13.7. The fraction of sp³-hybridized carbons (Fsp3) is 0.429. The highest BCUT2D eigenvalue weighted by Gasteiger charge is 2.07. The number of methoxy groups -OCH3 is 1. The lowest BCUT2D eigenvalue weighted by Gasteiger charge is -2.03. The van der Waals surface area contributed by atoms with Crippen molar-refractivity contribution in [3.63, 3.8) is 0 Å². The van der Waals surface area contributed by atoms with Crippen LogP contribution in [-0.2, 0) is 13.0 Å². The molecule has 0 saturated heterocycles. The van der Waals surface area contributed by atoms with Crippen LogP contribution in [0.3, 0.4) is 0 Å². The smallest absolute Gasteiger partial charge is 0.231 e. The van der Waals surface area contributed by atoms with Gasteiger partial charge < -0.3 is 14.6 Å². The maximum absolute atomic E-state index is 5.23. The van der Waals surface area contributed by atoms with E-state index in [9.17, 15) is 0 Å². The first-order chi connectivity index (χ1) is 9.17. The summed E-state index contributed by atoms with van der Waals surface area (Å²) < 4.78 is 10.3. The van der Waals surface area contributed by atoms with Crippen LogP contribution in [0.4, 0.5) is 0 Å². The molecule has 1 heterocycles. The van der Waals surface area contributed by atoms with Gasteiger partial charge in [0, 0.05) is 6.04 Å². The summed E-state index contributed by atoms with van der Waals surface area (Å²) in [6.45, 7) is 4.79. The number of hydrogen-bond donors (Lipinski definition) is 1. The van der Waals surface area contributed by atoms with Crippen LogP contribution >= 0.6 is 0 Å². The van der Waals surface area contributed by atoms with E-state index < -0.39 is 0 Å². The van der Waals surface area contributed by atoms with Crippen molar-refractivity contribution in [2.24, 2.45) is 0 Å². The molecule has 2 rings (SSSR count). The Morgan fingerprint density at radius 2 is 2.00 bits per heavy atom. The number of rotatable bonds is 6. The predicted molar refractivity (Wildman–Crippen MR) is 72.1 cm³/mol. The van der Waals surface area contributed by atoms with Gasteiger partial charge >= 0.3 is 0 Å². The molecule has 1 N–H and O–H groups in total. The van der Waals surface area contributed by atoms with Crippen molar-refractivity contribution < 1.29 is 9.26 Å². The maximum atomic E-state index is 5.23. The second-order valence-corrected chi connectivity index (χ2v) is 4.66. The molecule has 5 nitrogen and oxygen atoms in total. The molecule has 102 valence electrons. The normalized spacial score (nSPS) is 10.9. The molecule has 0 amide bonds. The van der Waals surface area contributed by atoms with Crippen LogP contribution in [0.1, 0.15) is 31.1 Å². The van der Waals surface area contributed by atoms with E-state index in [1.807, 2.05) is 24.3 Å². The molecule has 5 heteroatoms. The van der Waals surface area contributed by atoms with Crippen molar-refractivity contribution >= 4 is 0 Å². The van der Waals surface area contributed by atoms with Gasteiger partial charge in [0.15, 0.2) is 5.82 Å². The maximum Gasteiger partial charge on any atom is 0.231 e. The van der Waals surface area contributed by atoms with Gasteiger partial charge in [-0.25, -0.2) is 0 Å². The molecule has 1 aromatic carbocycles. The summed E-state index contributed by atoms with van der Waals surface area (Å²) in [5, 5.41) is 7.20. The molecular weight excluding hydrogens is 242 g/mol. The van der Waals surface area contributed by atoms with Gasteiger partial charge in [-0.3, -0.25) is 0 Å². The first kappa shape index (κ1) is 13.5. The van der Waals surface area contributed by atoms with Crippen LogP contribution in [0, 0.1) is 0 Å². The molecule has 0 radical (unpaired) electrons. The van der Waals surface area contributed by atoms with E-state index in [-0.39, 0.29) is 0 Å². The standard InChI is InChI=1S/C14H19N3O2/c1-10(2)15-9-13-16-14(19-17-13)8-11-4-6-12(18-3)7-5-11/h4-7,10,15H,8-9H2,1-3H3. The molecule has 0 fully saturated rings. The van der Waals surface area contributed by atoms with E-state index in [1.54, 1.807) is 7.11 Å². The first-order valence-corrected chi connectivity index (χ1v) is 6.35. The van der Waals surface area contributed by atoms with Crippen molar-refractivity contribution in [3.8, 4) is 5.75 Å². The van der Waals surface area contributed by atoms with Crippen molar-refractivity contribution in [2.45, 2.75) is 32.9 Å². The molecule has 1 aromatic heterocycles. The van der Waals surface area contributed by atoms with Crippen molar-refractivity contribution in [3.05, 3.63) is 41.5 Å². The second kappa shape index (κ2) is 6.33. The van der Waals surface area contributed by atoms with Gasteiger partial charge in [-0.1, -0.05) is 31.1 Å². The Hall–Kier alpha value is -1.88. The quantitative estimate of drug-likeness (QED) is 0.863. The molecule has 0 atom stereocenters. The van der Waals surface area contributed by atoms with Gasteiger partial charge in [-0.15, -0.1) is 0 Å². The number of ether oxygens (including phenoxy) is 1. The summed E-state index contributed by atoms with van der Waals surface area (Å²) in [6.07, 6.45) is 0.638. The van der Waals surface area contributed by atoms with Gasteiger partial charge in [0.25, 0.3) is 0 Å². The van der Waals surface area contributed by atoms with Gasteiger partial charge in [0.1, 0.15) is 5.75 Å². The zero-order valence-electron chi connectivity index (χ0n) is 11.5. The Morgan fingerprint density at radius 3 is 2.63 bits per heavy atom. The van der Waals surface area contributed by atoms with Crippen molar-refractivity contribution in [2.75, 3.05) is 7.11 Å². The fourth-order valence-corrected chi connectivity index (χ4v) is 1.65.